The molecule has 0 bridgehead atoms. The van der Waals surface area contributed by atoms with Gasteiger partial charge in [-0.2, -0.15) is 0 Å². The Morgan fingerprint density at radius 3 is 2.53 bits per heavy atom. The Labute approximate surface area is 114 Å². The summed E-state index contributed by atoms with van der Waals surface area (Å²) in [5.41, 5.74) is 0.953. The van der Waals surface area contributed by atoms with Gasteiger partial charge in [0.25, 0.3) is 0 Å². The van der Waals surface area contributed by atoms with Crippen molar-refractivity contribution < 1.29 is 19.4 Å². The van der Waals surface area contributed by atoms with E-state index in [9.17, 15) is 9.59 Å². The summed E-state index contributed by atoms with van der Waals surface area (Å²) < 4.78 is 4.81. The van der Waals surface area contributed by atoms with Gasteiger partial charge in [0.05, 0.1) is 13.2 Å². The smallest absolute Gasteiger partial charge is 0.328 e. The number of esters is 1. The minimum absolute atomic E-state index is 0.128. The number of carbonyl (C=O) groups is 2. The highest BCUT2D eigenvalue weighted by Crippen LogP contribution is 2.01. The van der Waals surface area contributed by atoms with Gasteiger partial charge in [0.2, 0.25) is 0 Å². The van der Waals surface area contributed by atoms with Crippen LogP contribution in [0.25, 0.3) is 0 Å². The number of nitrogens with one attached hydrogen (secondary N) is 1. The van der Waals surface area contributed by atoms with Crippen molar-refractivity contribution in [1.29, 1.82) is 0 Å². The van der Waals surface area contributed by atoms with Gasteiger partial charge in [0, 0.05) is 13.1 Å². The molecule has 0 saturated heterocycles. The highest BCUT2D eigenvalue weighted by atomic mass is 16.5. The molecule has 0 spiro atoms. The molecular formula is C13H24N2O4. The van der Waals surface area contributed by atoms with E-state index >= 15 is 0 Å². The van der Waals surface area contributed by atoms with Gasteiger partial charge in [-0.25, -0.2) is 9.59 Å². The van der Waals surface area contributed by atoms with Crippen molar-refractivity contribution in [2.45, 2.75) is 33.2 Å². The summed E-state index contributed by atoms with van der Waals surface area (Å²) in [5, 5.41) is 11.5. The molecule has 2 amide bonds. The highest BCUT2D eigenvalue weighted by molar-refractivity contribution is 5.83. The van der Waals surface area contributed by atoms with Gasteiger partial charge in [0.15, 0.2) is 0 Å². The van der Waals surface area contributed by atoms with E-state index in [1.165, 1.54) is 4.90 Å². The monoisotopic (exact) mass is 272 g/mol. The standard InChI is InChI=1S/C13H24N2O4/c1-5-19-12(17)11(4)14-13(18)15(8-9-16)7-6-10(2)3/h11,16H,2,5-9H2,1,3-4H3,(H,14,18)/t11-/m0/s1. The van der Waals surface area contributed by atoms with E-state index in [0.29, 0.717) is 13.0 Å². The number of aliphatic hydroxyl groups excluding tert-OH is 1. The van der Waals surface area contributed by atoms with Crippen LogP contribution < -0.4 is 5.32 Å². The van der Waals surface area contributed by atoms with E-state index < -0.39 is 18.0 Å². The van der Waals surface area contributed by atoms with Gasteiger partial charge in [-0.05, 0) is 27.2 Å². The summed E-state index contributed by atoms with van der Waals surface area (Å²) in [4.78, 5) is 24.8. The number of nitrogens with zero attached hydrogens (tertiary/aromatic N) is 1. The molecule has 0 heterocycles. The van der Waals surface area contributed by atoms with Crippen LogP contribution >= 0.6 is 0 Å². The molecule has 0 unspecified atom stereocenters. The van der Waals surface area contributed by atoms with Crippen molar-refractivity contribution in [3.8, 4) is 0 Å². The fraction of sp³-hybridized carbons (Fsp3) is 0.692. The van der Waals surface area contributed by atoms with Crippen molar-refractivity contribution in [2.24, 2.45) is 0 Å². The molecule has 6 heteroatoms. The molecule has 0 radical (unpaired) electrons. The molecule has 1 atom stereocenters. The van der Waals surface area contributed by atoms with Gasteiger partial charge in [-0.1, -0.05) is 5.57 Å². The van der Waals surface area contributed by atoms with E-state index in [2.05, 4.69) is 11.9 Å². The zero-order valence-electron chi connectivity index (χ0n) is 11.9. The maximum atomic E-state index is 11.9. The molecule has 0 aromatic heterocycles. The number of hydrogen-bond acceptors (Lipinski definition) is 4. The summed E-state index contributed by atoms with van der Waals surface area (Å²) in [6, 6.07) is -1.10. The van der Waals surface area contributed by atoms with Gasteiger partial charge >= 0.3 is 12.0 Å². The first-order chi connectivity index (χ1) is 8.92. The topological polar surface area (TPSA) is 78.9 Å². The second-order valence-electron chi connectivity index (χ2n) is 4.34. The predicted octanol–water partition coefficient (Wildman–Crippen LogP) is 0.908. The molecule has 2 N–H and O–H groups in total. The molecule has 0 aliphatic rings. The van der Waals surface area contributed by atoms with E-state index in [0.717, 1.165) is 5.57 Å². The lowest BCUT2D eigenvalue weighted by molar-refractivity contribution is -0.144. The van der Waals surface area contributed by atoms with Crippen molar-refractivity contribution in [1.82, 2.24) is 10.2 Å². The Bertz CT molecular complexity index is 318. The summed E-state index contributed by atoms with van der Waals surface area (Å²) in [6.07, 6.45) is 0.654. The van der Waals surface area contributed by atoms with Crippen LogP contribution in [0, 0.1) is 0 Å². The van der Waals surface area contributed by atoms with Gasteiger partial charge < -0.3 is 20.1 Å². The molecule has 6 nitrogen and oxygen atoms in total. The third-order valence-electron chi connectivity index (χ3n) is 2.45. The first kappa shape index (κ1) is 17.4. The van der Waals surface area contributed by atoms with Crippen LogP contribution in [-0.2, 0) is 9.53 Å². The molecule has 0 fully saturated rings. The van der Waals surface area contributed by atoms with Crippen LogP contribution in [0.5, 0.6) is 0 Å². The summed E-state index contributed by atoms with van der Waals surface area (Å²) in [7, 11) is 0. The van der Waals surface area contributed by atoms with Crippen molar-refractivity contribution in [2.75, 3.05) is 26.3 Å². The third-order valence-corrected chi connectivity index (χ3v) is 2.45. The number of urea groups is 1. The zero-order valence-corrected chi connectivity index (χ0v) is 11.9. The van der Waals surface area contributed by atoms with Crippen LogP contribution in [0.2, 0.25) is 0 Å². The number of aliphatic hydroxyl groups is 1. The summed E-state index contributed by atoms with van der Waals surface area (Å²) in [5.74, 6) is -0.473. The van der Waals surface area contributed by atoms with E-state index in [4.69, 9.17) is 9.84 Å². The van der Waals surface area contributed by atoms with E-state index in [1.807, 2.05) is 6.92 Å². The average Bonchev–Trinajstić information content (AvgIpc) is 2.34. The van der Waals surface area contributed by atoms with Crippen LogP contribution in [-0.4, -0.2) is 54.4 Å². The fourth-order valence-corrected chi connectivity index (χ4v) is 1.36. The Balaban J connectivity index is 4.37. The predicted molar refractivity (Wildman–Crippen MR) is 72.7 cm³/mol. The largest absolute Gasteiger partial charge is 0.464 e. The Hall–Kier alpha value is -1.56. The molecule has 0 aromatic rings. The fourth-order valence-electron chi connectivity index (χ4n) is 1.36. The lowest BCUT2D eigenvalue weighted by Gasteiger charge is -2.24. The zero-order chi connectivity index (χ0) is 14.8. The van der Waals surface area contributed by atoms with Crippen molar-refractivity contribution in [3.63, 3.8) is 0 Å². The molecule has 0 aromatic carbocycles. The minimum Gasteiger partial charge on any atom is -0.464 e. The summed E-state index contributed by atoms with van der Waals surface area (Å²) >= 11 is 0. The first-order valence-corrected chi connectivity index (χ1v) is 6.39. The highest BCUT2D eigenvalue weighted by Gasteiger charge is 2.20. The van der Waals surface area contributed by atoms with Crippen molar-refractivity contribution in [3.05, 3.63) is 12.2 Å². The van der Waals surface area contributed by atoms with E-state index in [1.54, 1.807) is 13.8 Å². The number of carbonyl (C=O) groups excluding carboxylic acids is 2. The Kier molecular flexibility index (Phi) is 8.61. The number of ether oxygens (including phenoxy) is 1. The normalized spacial score (nSPS) is 11.6. The Morgan fingerprint density at radius 2 is 2.05 bits per heavy atom. The lowest BCUT2D eigenvalue weighted by Crippen LogP contribution is -2.48. The van der Waals surface area contributed by atoms with Crippen LogP contribution in [0.4, 0.5) is 4.79 Å². The van der Waals surface area contributed by atoms with Crippen LogP contribution in [0.15, 0.2) is 12.2 Å². The maximum Gasteiger partial charge on any atom is 0.328 e. The van der Waals surface area contributed by atoms with Gasteiger partial charge in [0.1, 0.15) is 6.04 Å². The second-order valence-corrected chi connectivity index (χ2v) is 4.34. The quantitative estimate of drug-likeness (QED) is 0.508. The van der Waals surface area contributed by atoms with Gasteiger partial charge in [-0.3, -0.25) is 0 Å². The van der Waals surface area contributed by atoms with Crippen LogP contribution in [0.3, 0.4) is 0 Å². The van der Waals surface area contributed by atoms with E-state index in [-0.39, 0.29) is 19.8 Å². The molecule has 19 heavy (non-hydrogen) atoms. The Morgan fingerprint density at radius 1 is 1.42 bits per heavy atom. The SMILES string of the molecule is C=C(C)CCN(CCO)C(=O)N[C@@H](C)C(=O)OCC. The van der Waals surface area contributed by atoms with Crippen molar-refractivity contribution >= 4 is 12.0 Å². The van der Waals surface area contributed by atoms with Gasteiger partial charge in [-0.15, -0.1) is 6.58 Å². The number of hydrogen-bond donors (Lipinski definition) is 2. The minimum atomic E-state index is -0.710. The average molecular weight is 272 g/mol. The third kappa shape index (κ3) is 7.46. The first-order valence-electron chi connectivity index (χ1n) is 6.39. The lowest BCUT2D eigenvalue weighted by atomic mass is 10.2. The molecule has 0 saturated carbocycles. The molecule has 0 rings (SSSR count). The molecule has 0 aliphatic carbocycles. The molecule has 0 aliphatic heterocycles. The maximum absolute atomic E-state index is 11.9. The number of amides is 2. The number of rotatable bonds is 8. The molecule has 110 valence electrons. The second kappa shape index (κ2) is 9.38. The summed E-state index contributed by atoms with van der Waals surface area (Å²) in [6.45, 7) is 9.72. The molecular weight excluding hydrogens is 248 g/mol. The van der Waals surface area contributed by atoms with Crippen LogP contribution in [0.1, 0.15) is 27.2 Å².